The van der Waals surface area contributed by atoms with E-state index in [9.17, 15) is 4.79 Å². The zero-order valence-corrected chi connectivity index (χ0v) is 23.4. The van der Waals surface area contributed by atoms with Gasteiger partial charge in [0.1, 0.15) is 11.3 Å². The molecule has 11 heteroatoms. The van der Waals surface area contributed by atoms with Crippen molar-refractivity contribution in [1.29, 1.82) is 0 Å². The minimum atomic E-state index is -0.493. The number of fused-ring (bicyclic) bond motifs is 2. The van der Waals surface area contributed by atoms with Crippen LogP contribution in [-0.4, -0.2) is 87.7 Å². The summed E-state index contributed by atoms with van der Waals surface area (Å²) in [5, 5.41) is 12.2. The van der Waals surface area contributed by atoms with Crippen LogP contribution in [0.25, 0.3) is 32.9 Å². The van der Waals surface area contributed by atoms with Gasteiger partial charge < -0.3 is 20.0 Å². The van der Waals surface area contributed by atoms with Gasteiger partial charge >= 0.3 is 0 Å². The number of H-pyrrole nitrogens is 1. The minimum absolute atomic E-state index is 0.0983. The van der Waals surface area contributed by atoms with Crippen LogP contribution in [0.2, 0.25) is 5.02 Å². The SMILES string of the molecule is C=CC(=O)N1CCN(c2nc(NC3CCN(CC)C3)nc3c(F)c(-c4c(C)ccc5[nH]ncc45)c(Cl)cc23)CC1. The van der Waals surface area contributed by atoms with Gasteiger partial charge in [0.15, 0.2) is 5.82 Å². The molecule has 4 aromatic rings. The highest BCUT2D eigenvalue weighted by atomic mass is 35.5. The lowest BCUT2D eigenvalue weighted by atomic mass is 9.95. The van der Waals surface area contributed by atoms with Gasteiger partial charge in [0, 0.05) is 67.2 Å². The van der Waals surface area contributed by atoms with Gasteiger partial charge in [-0.05, 0) is 43.7 Å². The number of nitrogens with one attached hydrogen (secondary N) is 2. The van der Waals surface area contributed by atoms with Crippen molar-refractivity contribution in [1.82, 2.24) is 30.0 Å². The molecule has 4 heterocycles. The van der Waals surface area contributed by atoms with Crippen molar-refractivity contribution in [2.45, 2.75) is 26.3 Å². The molecule has 6 rings (SSSR count). The number of aromatic nitrogens is 4. The molecule has 0 bridgehead atoms. The topological polar surface area (TPSA) is 93.3 Å². The van der Waals surface area contributed by atoms with Gasteiger partial charge in [-0.3, -0.25) is 9.89 Å². The minimum Gasteiger partial charge on any atom is -0.352 e. The average Bonchev–Trinajstić information content (AvgIpc) is 3.63. The van der Waals surface area contributed by atoms with E-state index in [1.54, 1.807) is 17.2 Å². The van der Waals surface area contributed by atoms with Crippen LogP contribution < -0.4 is 10.2 Å². The normalized spacial score (nSPS) is 18.1. The number of halogens is 2. The van der Waals surface area contributed by atoms with Crippen LogP contribution in [0.15, 0.2) is 37.1 Å². The second-order valence-electron chi connectivity index (χ2n) is 10.4. The van der Waals surface area contributed by atoms with E-state index in [1.165, 1.54) is 6.08 Å². The first-order valence-corrected chi connectivity index (χ1v) is 14.0. The molecule has 0 aliphatic carbocycles. The van der Waals surface area contributed by atoms with Crippen molar-refractivity contribution in [2.75, 3.05) is 56.0 Å². The maximum atomic E-state index is 16.7. The second kappa shape index (κ2) is 10.7. The number of anilines is 2. The lowest BCUT2D eigenvalue weighted by molar-refractivity contribution is -0.126. The average molecular weight is 563 g/mol. The molecule has 2 saturated heterocycles. The first-order chi connectivity index (χ1) is 19.4. The number of likely N-dealkylation sites (N-methyl/N-ethyl adjacent to an activating group) is 1. The maximum absolute atomic E-state index is 16.7. The van der Waals surface area contributed by atoms with E-state index in [-0.39, 0.29) is 22.5 Å². The number of nitrogens with zero attached hydrogens (tertiary/aromatic N) is 6. The quantitative estimate of drug-likeness (QED) is 0.331. The smallest absolute Gasteiger partial charge is 0.246 e. The summed E-state index contributed by atoms with van der Waals surface area (Å²) >= 11 is 6.86. The Kier molecular flexibility index (Phi) is 7.06. The molecular weight excluding hydrogens is 531 g/mol. The summed E-state index contributed by atoms with van der Waals surface area (Å²) in [4.78, 5) is 28.0. The molecule has 2 aromatic carbocycles. The van der Waals surface area contributed by atoms with Crippen molar-refractivity contribution in [3.63, 3.8) is 0 Å². The Morgan fingerprint density at radius 3 is 2.73 bits per heavy atom. The zero-order valence-electron chi connectivity index (χ0n) is 22.7. The third kappa shape index (κ3) is 4.65. The molecule has 9 nitrogen and oxygen atoms in total. The molecule has 1 atom stereocenters. The standard InChI is InChI=1S/C29H32ClFN8O/c1-4-23(40)38-10-12-39(13-11-38)28-19-14-21(30)25(24-17(3)6-7-22-20(24)15-32-36-22)26(31)27(19)34-29(35-28)33-18-8-9-37(5-2)16-18/h4,6-7,14-15,18H,1,5,8-13,16H2,2-3H3,(H,32,36)(H,33,34,35). The summed E-state index contributed by atoms with van der Waals surface area (Å²) in [5.41, 5.74) is 2.89. The molecule has 0 radical (unpaired) electrons. The Morgan fingerprint density at radius 2 is 2.00 bits per heavy atom. The van der Waals surface area contributed by atoms with Crippen molar-refractivity contribution in [3.05, 3.63) is 53.5 Å². The van der Waals surface area contributed by atoms with E-state index in [2.05, 4.69) is 38.8 Å². The van der Waals surface area contributed by atoms with Crippen molar-refractivity contribution >= 4 is 51.1 Å². The summed E-state index contributed by atoms with van der Waals surface area (Å²) in [6.45, 7) is 12.7. The van der Waals surface area contributed by atoms with Gasteiger partial charge in [-0.2, -0.15) is 10.1 Å². The van der Waals surface area contributed by atoms with Gasteiger partial charge in [0.25, 0.3) is 0 Å². The fraction of sp³-hybridized carbons (Fsp3) is 0.379. The number of carbonyl (C=O) groups is 1. The highest BCUT2D eigenvalue weighted by Gasteiger charge is 2.28. The largest absolute Gasteiger partial charge is 0.352 e. The van der Waals surface area contributed by atoms with E-state index in [0.717, 1.165) is 42.5 Å². The fourth-order valence-electron chi connectivity index (χ4n) is 5.86. The molecule has 2 N–H and O–H groups in total. The third-order valence-corrected chi connectivity index (χ3v) is 8.36. The van der Waals surface area contributed by atoms with E-state index < -0.39 is 5.82 Å². The van der Waals surface area contributed by atoms with Crippen LogP contribution in [0.4, 0.5) is 16.2 Å². The van der Waals surface area contributed by atoms with Gasteiger partial charge in [-0.1, -0.05) is 31.2 Å². The fourth-order valence-corrected chi connectivity index (χ4v) is 6.15. The summed E-state index contributed by atoms with van der Waals surface area (Å²) in [6.07, 6.45) is 3.99. The second-order valence-corrected chi connectivity index (χ2v) is 10.8. The number of hydrogen-bond acceptors (Lipinski definition) is 7. The van der Waals surface area contributed by atoms with E-state index in [1.807, 2.05) is 19.1 Å². The van der Waals surface area contributed by atoms with E-state index >= 15 is 4.39 Å². The van der Waals surface area contributed by atoms with Crippen LogP contribution in [0, 0.1) is 12.7 Å². The number of piperazine rings is 1. The predicted octanol–water partition coefficient (Wildman–Crippen LogP) is 4.61. The number of likely N-dealkylation sites (tertiary alicyclic amines) is 1. The van der Waals surface area contributed by atoms with Crippen molar-refractivity contribution < 1.29 is 9.18 Å². The third-order valence-electron chi connectivity index (χ3n) is 8.06. The lowest BCUT2D eigenvalue weighted by Gasteiger charge is -2.35. The number of amides is 1. The van der Waals surface area contributed by atoms with Gasteiger partial charge in [-0.15, -0.1) is 0 Å². The Bertz CT molecular complexity index is 1610. The van der Waals surface area contributed by atoms with Gasteiger partial charge in [0.2, 0.25) is 11.9 Å². The molecule has 0 spiro atoms. The Morgan fingerprint density at radius 1 is 1.20 bits per heavy atom. The maximum Gasteiger partial charge on any atom is 0.246 e. The zero-order chi connectivity index (χ0) is 28.0. The van der Waals surface area contributed by atoms with E-state index in [4.69, 9.17) is 21.6 Å². The molecule has 2 aliphatic heterocycles. The number of carbonyl (C=O) groups excluding carboxylic acids is 1. The number of rotatable bonds is 6. The molecule has 2 aliphatic rings. The van der Waals surface area contributed by atoms with Crippen LogP contribution in [0.1, 0.15) is 18.9 Å². The van der Waals surface area contributed by atoms with Gasteiger partial charge in [0.05, 0.1) is 16.7 Å². The van der Waals surface area contributed by atoms with Crippen LogP contribution in [-0.2, 0) is 4.79 Å². The molecule has 2 fully saturated rings. The highest BCUT2D eigenvalue weighted by molar-refractivity contribution is 6.35. The Hall–Kier alpha value is -3.76. The summed E-state index contributed by atoms with van der Waals surface area (Å²) < 4.78 is 16.7. The molecule has 208 valence electrons. The summed E-state index contributed by atoms with van der Waals surface area (Å²) in [5.74, 6) is 0.404. The number of benzene rings is 2. The number of aryl methyl sites for hydroxylation is 1. The lowest BCUT2D eigenvalue weighted by Crippen LogP contribution is -2.48. The van der Waals surface area contributed by atoms with Gasteiger partial charge in [-0.25, -0.2) is 9.37 Å². The molecule has 1 unspecified atom stereocenters. The summed E-state index contributed by atoms with van der Waals surface area (Å²) in [7, 11) is 0. The first-order valence-electron chi connectivity index (χ1n) is 13.7. The van der Waals surface area contributed by atoms with Crippen molar-refractivity contribution in [2.24, 2.45) is 0 Å². The van der Waals surface area contributed by atoms with Crippen LogP contribution in [0.3, 0.4) is 0 Å². The number of hydrogen-bond donors (Lipinski definition) is 2. The van der Waals surface area contributed by atoms with Crippen molar-refractivity contribution in [3.8, 4) is 11.1 Å². The molecular formula is C29H32ClFN8O. The Labute approximate surface area is 237 Å². The van der Waals surface area contributed by atoms with Crippen LogP contribution in [0.5, 0.6) is 0 Å². The molecule has 0 saturated carbocycles. The molecule has 1 amide bonds. The molecule has 40 heavy (non-hydrogen) atoms. The summed E-state index contributed by atoms with van der Waals surface area (Å²) in [6, 6.07) is 5.79. The predicted molar refractivity (Wildman–Crippen MR) is 157 cm³/mol. The highest BCUT2D eigenvalue weighted by Crippen LogP contribution is 2.42. The molecule has 2 aromatic heterocycles. The van der Waals surface area contributed by atoms with Crippen LogP contribution >= 0.6 is 11.6 Å². The monoisotopic (exact) mass is 562 g/mol. The first kappa shape index (κ1) is 26.5. The Balaban J connectivity index is 1.48. The van der Waals surface area contributed by atoms with E-state index in [0.29, 0.717) is 54.5 Å². The number of aromatic amines is 1.